The predicted octanol–water partition coefficient (Wildman–Crippen LogP) is 6.81. The van der Waals surface area contributed by atoms with E-state index in [2.05, 4.69) is 16.8 Å². The fraction of sp³-hybridized carbons (Fsp3) is 0.174. The summed E-state index contributed by atoms with van der Waals surface area (Å²) in [6, 6.07) is 13.6. The fourth-order valence-electron chi connectivity index (χ4n) is 3.05. The third kappa shape index (κ3) is 5.20. The summed E-state index contributed by atoms with van der Waals surface area (Å²) in [4.78, 5) is 4.72. The maximum Gasteiger partial charge on any atom is 0.192 e. The highest BCUT2D eigenvalue weighted by Crippen LogP contribution is 2.32. The summed E-state index contributed by atoms with van der Waals surface area (Å²) in [6.45, 7) is 6.27. The van der Waals surface area contributed by atoms with E-state index in [1.807, 2.05) is 41.1 Å². The van der Waals surface area contributed by atoms with E-state index < -0.39 is 0 Å². The molecule has 164 valence electrons. The van der Waals surface area contributed by atoms with Crippen molar-refractivity contribution in [2.24, 2.45) is 0 Å². The molecule has 9 heteroatoms. The van der Waals surface area contributed by atoms with Crippen LogP contribution in [0.5, 0.6) is 5.75 Å². The predicted molar refractivity (Wildman–Crippen MR) is 128 cm³/mol. The number of allylic oxidation sites excluding steroid dienone is 1. The smallest absolute Gasteiger partial charge is 0.192 e. The molecule has 0 spiro atoms. The SMILES string of the molecule is C=CCn1c(SCc2csc(-c3ccccc3Cl)n2)nnc1C(C)Oc1ccc(F)cc1. The highest BCUT2D eigenvalue weighted by atomic mass is 35.5. The summed E-state index contributed by atoms with van der Waals surface area (Å²) in [5, 5.41) is 13.0. The highest BCUT2D eigenvalue weighted by molar-refractivity contribution is 7.98. The van der Waals surface area contributed by atoms with Crippen LogP contribution < -0.4 is 4.74 Å². The number of nitrogens with zero attached hydrogens (tertiary/aromatic N) is 4. The average molecular weight is 487 g/mol. The Morgan fingerprint density at radius 1 is 1.22 bits per heavy atom. The Morgan fingerprint density at radius 3 is 2.75 bits per heavy atom. The molecular formula is C23H20ClFN4OS2. The Bertz CT molecular complexity index is 1210. The highest BCUT2D eigenvalue weighted by Gasteiger charge is 2.19. The van der Waals surface area contributed by atoms with Gasteiger partial charge in [0.2, 0.25) is 0 Å². The second kappa shape index (κ2) is 10.3. The molecule has 0 saturated heterocycles. The molecule has 2 aromatic carbocycles. The number of ether oxygens (including phenoxy) is 1. The van der Waals surface area contributed by atoms with Crippen LogP contribution in [0.4, 0.5) is 4.39 Å². The molecule has 0 amide bonds. The average Bonchev–Trinajstić information content (AvgIpc) is 3.42. The number of thioether (sulfide) groups is 1. The maximum absolute atomic E-state index is 13.2. The van der Waals surface area contributed by atoms with Crippen molar-refractivity contribution in [3.63, 3.8) is 0 Å². The van der Waals surface area contributed by atoms with E-state index in [1.165, 1.54) is 12.1 Å². The number of aromatic nitrogens is 4. The van der Waals surface area contributed by atoms with Crippen LogP contribution in [0.2, 0.25) is 5.02 Å². The largest absolute Gasteiger partial charge is 0.483 e. The molecule has 0 N–H and O–H groups in total. The van der Waals surface area contributed by atoms with Crippen molar-refractivity contribution in [2.45, 2.75) is 30.5 Å². The van der Waals surface area contributed by atoms with Gasteiger partial charge in [-0.15, -0.1) is 28.1 Å². The molecule has 0 aliphatic carbocycles. The normalized spacial score (nSPS) is 12.0. The van der Waals surface area contributed by atoms with Gasteiger partial charge in [-0.2, -0.15) is 0 Å². The zero-order valence-corrected chi connectivity index (χ0v) is 19.6. The standard InChI is InChI=1S/C23H20ClFN4OS2/c1-3-12-29-21(15(2)30-18-10-8-16(25)9-11-18)27-28-23(29)32-14-17-13-31-22(26-17)19-6-4-5-7-20(19)24/h3-11,13,15H,1,12,14H2,2H3. The molecule has 0 fully saturated rings. The second-order valence-corrected chi connectivity index (χ2v) is 9.07. The van der Waals surface area contributed by atoms with Crippen molar-refractivity contribution >= 4 is 34.7 Å². The van der Waals surface area contributed by atoms with Crippen LogP contribution in [0.3, 0.4) is 0 Å². The van der Waals surface area contributed by atoms with Crippen molar-refractivity contribution in [1.82, 2.24) is 19.7 Å². The summed E-state index contributed by atoms with van der Waals surface area (Å²) in [7, 11) is 0. The van der Waals surface area contributed by atoms with E-state index in [0.29, 0.717) is 28.9 Å². The van der Waals surface area contributed by atoms with Crippen LogP contribution in [0.15, 0.2) is 71.7 Å². The van der Waals surface area contributed by atoms with Crippen molar-refractivity contribution in [3.8, 4) is 16.3 Å². The number of halogens is 2. The zero-order valence-electron chi connectivity index (χ0n) is 17.2. The Kier molecular flexibility index (Phi) is 7.24. The first-order valence-electron chi connectivity index (χ1n) is 9.83. The molecule has 0 aliphatic heterocycles. The van der Waals surface area contributed by atoms with E-state index in [1.54, 1.807) is 41.3 Å². The van der Waals surface area contributed by atoms with Crippen LogP contribution in [-0.4, -0.2) is 19.7 Å². The van der Waals surface area contributed by atoms with E-state index in [9.17, 15) is 4.39 Å². The fourth-order valence-corrected chi connectivity index (χ4v) is 5.14. The van der Waals surface area contributed by atoms with Gasteiger partial charge < -0.3 is 4.74 Å². The van der Waals surface area contributed by atoms with Gasteiger partial charge in [0.25, 0.3) is 0 Å². The lowest BCUT2D eigenvalue weighted by Crippen LogP contribution is -2.12. The minimum Gasteiger partial charge on any atom is -0.483 e. The van der Waals surface area contributed by atoms with Crippen LogP contribution >= 0.6 is 34.7 Å². The van der Waals surface area contributed by atoms with Gasteiger partial charge in [-0.05, 0) is 37.3 Å². The quantitative estimate of drug-likeness (QED) is 0.192. The number of thiazole rings is 1. The number of benzene rings is 2. The van der Waals surface area contributed by atoms with Crippen LogP contribution in [0, 0.1) is 5.82 Å². The minimum absolute atomic E-state index is 0.307. The topological polar surface area (TPSA) is 52.8 Å². The van der Waals surface area contributed by atoms with Crippen molar-refractivity contribution in [3.05, 3.63) is 88.9 Å². The molecule has 0 aliphatic rings. The van der Waals surface area contributed by atoms with Gasteiger partial charge >= 0.3 is 0 Å². The first kappa shape index (κ1) is 22.5. The van der Waals surface area contributed by atoms with Crippen molar-refractivity contribution < 1.29 is 9.13 Å². The van der Waals surface area contributed by atoms with E-state index in [4.69, 9.17) is 21.3 Å². The van der Waals surface area contributed by atoms with Crippen LogP contribution in [0.1, 0.15) is 24.5 Å². The second-order valence-electron chi connectivity index (χ2n) is 6.87. The third-order valence-corrected chi connectivity index (χ3v) is 6.81. The Hall–Kier alpha value is -2.68. The lowest BCUT2D eigenvalue weighted by Gasteiger charge is -2.15. The van der Waals surface area contributed by atoms with E-state index in [-0.39, 0.29) is 11.9 Å². The van der Waals surface area contributed by atoms with Gasteiger partial charge in [0, 0.05) is 23.2 Å². The van der Waals surface area contributed by atoms with Crippen LogP contribution in [0.25, 0.3) is 10.6 Å². The minimum atomic E-state index is -0.367. The van der Waals surface area contributed by atoms with Gasteiger partial charge in [0.05, 0.1) is 10.7 Å². The molecule has 1 unspecified atom stereocenters. The van der Waals surface area contributed by atoms with Gasteiger partial charge in [-0.3, -0.25) is 4.57 Å². The summed E-state index contributed by atoms with van der Waals surface area (Å²) >= 11 is 9.41. The molecule has 4 aromatic rings. The third-order valence-electron chi connectivity index (χ3n) is 4.55. The summed E-state index contributed by atoms with van der Waals surface area (Å²) in [5.41, 5.74) is 1.87. The van der Waals surface area contributed by atoms with Gasteiger partial charge in [-0.25, -0.2) is 9.37 Å². The molecule has 0 bridgehead atoms. The van der Waals surface area contributed by atoms with Crippen LogP contribution in [-0.2, 0) is 12.3 Å². The van der Waals surface area contributed by atoms with Gasteiger partial charge in [0.1, 0.15) is 16.6 Å². The maximum atomic E-state index is 13.2. The Labute approximate surface area is 198 Å². The zero-order chi connectivity index (χ0) is 22.5. The molecule has 0 radical (unpaired) electrons. The Balaban J connectivity index is 1.47. The lowest BCUT2D eigenvalue weighted by molar-refractivity contribution is 0.210. The number of hydrogen-bond acceptors (Lipinski definition) is 6. The lowest BCUT2D eigenvalue weighted by atomic mass is 10.2. The molecule has 0 saturated carbocycles. The monoisotopic (exact) mass is 486 g/mol. The molecule has 2 aromatic heterocycles. The van der Waals surface area contributed by atoms with E-state index >= 15 is 0 Å². The van der Waals surface area contributed by atoms with Gasteiger partial charge in [0.15, 0.2) is 17.1 Å². The first-order valence-corrected chi connectivity index (χ1v) is 12.1. The summed E-state index contributed by atoms with van der Waals surface area (Å²) < 4.78 is 21.0. The first-order chi connectivity index (χ1) is 15.5. The Morgan fingerprint density at radius 2 is 2.00 bits per heavy atom. The number of rotatable bonds is 9. The molecular weight excluding hydrogens is 467 g/mol. The molecule has 1 atom stereocenters. The van der Waals surface area contributed by atoms with Gasteiger partial charge in [-0.1, -0.05) is 47.6 Å². The summed E-state index contributed by atoms with van der Waals surface area (Å²) in [6.07, 6.45) is 1.42. The summed E-state index contributed by atoms with van der Waals surface area (Å²) in [5.74, 6) is 1.57. The molecule has 5 nitrogen and oxygen atoms in total. The van der Waals surface area contributed by atoms with E-state index in [0.717, 1.165) is 21.4 Å². The molecule has 2 heterocycles. The number of hydrogen-bond donors (Lipinski definition) is 0. The molecule has 4 rings (SSSR count). The van der Waals surface area contributed by atoms with Crippen molar-refractivity contribution in [1.29, 1.82) is 0 Å². The van der Waals surface area contributed by atoms with Crippen molar-refractivity contribution in [2.75, 3.05) is 0 Å². The molecule has 32 heavy (non-hydrogen) atoms.